The average Bonchev–Trinajstić information content (AvgIpc) is 2.57. The Bertz CT molecular complexity index is 779. The maximum Gasteiger partial charge on any atom is 0.221 e. The van der Waals surface area contributed by atoms with Crippen molar-refractivity contribution in [3.8, 4) is 0 Å². The van der Waals surface area contributed by atoms with Crippen molar-refractivity contribution in [1.82, 2.24) is 5.32 Å². The van der Waals surface area contributed by atoms with Crippen molar-refractivity contribution in [2.24, 2.45) is 0 Å². The first-order valence-corrected chi connectivity index (χ1v) is 8.51. The third-order valence-electron chi connectivity index (χ3n) is 4.20. The number of hydrogen-bond acceptors (Lipinski definition) is 3. The van der Waals surface area contributed by atoms with Crippen molar-refractivity contribution in [3.05, 3.63) is 69.7 Å². The topological polar surface area (TPSA) is 69.2 Å². The quantitative estimate of drug-likeness (QED) is 0.838. The molecular weight excluding hydrogens is 361 g/mol. The summed E-state index contributed by atoms with van der Waals surface area (Å²) in [5, 5.41) is 15.3. The summed E-state index contributed by atoms with van der Waals surface area (Å²) >= 11 is 11.9. The second-order valence-electron chi connectivity index (χ2n) is 6.13. The molecule has 2 rings (SSSR count). The van der Waals surface area contributed by atoms with Gasteiger partial charge in [-0.15, -0.1) is 0 Å². The lowest BCUT2D eigenvalue weighted by atomic mass is 9.79. The number of carbonyl (C=O) groups is 2. The summed E-state index contributed by atoms with van der Waals surface area (Å²) in [7, 11) is 0. The maximum absolute atomic E-state index is 12.4. The minimum Gasteiger partial charge on any atom is -0.549 e. The molecule has 0 heterocycles. The van der Waals surface area contributed by atoms with Crippen LogP contribution in [-0.4, -0.2) is 11.9 Å². The number of carboxylic acids is 1. The zero-order valence-electron chi connectivity index (χ0n) is 13.9. The van der Waals surface area contributed by atoms with Gasteiger partial charge in [0.1, 0.15) is 0 Å². The smallest absolute Gasteiger partial charge is 0.221 e. The van der Waals surface area contributed by atoms with Crippen LogP contribution in [0.25, 0.3) is 0 Å². The molecule has 0 aliphatic heterocycles. The van der Waals surface area contributed by atoms with Crippen molar-refractivity contribution >= 4 is 35.1 Å². The first-order chi connectivity index (χ1) is 11.7. The van der Waals surface area contributed by atoms with E-state index < -0.39 is 17.3 Å². The predicted octanol–water partition coefficient (Wildman–Crippen LogP) is 3.27. The molecule has 0 spiro atoms. The van der Waals surface area contributed by atoms with Gasteiger partial charge in [0.25, 0.3) is 0 Å². The maximum atomic E-state index is 12.4. The van der Waals surface area contributed by atoms with Gasteiger partial charge in [0.2, 0.25) is 5.91 Å². The number of halogens is 2. The molecule has 0 radical (unpaired) electrons. The van der Waals surface area contributed by atoms with Crippen LogP contribution in [0.1, 0.15) is 37.4 Å². The number of carbonyl (C=O) groups excluding carboxylic acids is 2. The van der Waals surface area contributed by atoms with Crippen LogP contribution < -0.4 is 10.4 Å². The molecule has 0 aliphatic carbocycles. The molecule has 0 bridgehead atoms. The summed E-state index contributed by atoms with van der Waals surface area (Å²) in [5.74, 6) is -1.69. The van der Waals surface area contributed by atoms with Gasteiger partial charge in [0.15, 0.2) is 0 Å². The monoisotopic (exact) mass is 378 g/mol. The van der Waals surface area contributed by atoms with Crippen LogP contribution in [0.15, 0.2) is 48.5 Å². The molecule has 25 heavy (non-hydrogen) atoms. The number of benzene rings is 2. The van der Waals surface area contributed by atoms with Gasteiger partial charge in [0.05, 0.1) is 22.1 Å². The molecule has 2 aromatic carbocycles. The minimum absolute atomic E-state index is 0.231. The van der Waals surface area contributed by atoms with Crippen molar-refractivity contribution in [1.29, 1.82) is 0 Å². The van der Waals surface area contributed by atoms with Crippen LogP contribution >= 0.6 is 23.2 Å². The van der Waals surface area contributed by atoms with E-state index in [4.69, 9.17) is 23.2 Å². The van der Waals surface area contributed by atoms with E-state index in [9.17, 15) is 14.7 Å². The van der Waals surface area contributed by atoms with Gasteiger partial charge >= 0.3 is 0 Å². The third kappa shape index (κ3) is 4.53. The van der Waals surface area contributed by atoms with Crippen LogP contribution in [0.3, 0.4) is 0 Å². The Morgan fingerprint density at radius 3 is 2.32 bits per heavy atom. The number of aliphatic carboxylic acids is 1. The van der Waals surface area contributed by atoms with Crippen LogP contribution in [0.4, 0.5) is 0 Å². The van der Waals surface area contributed by atoms with E-state index in [1.54, 1.807) is 55.5 Å². The Morgan fingerprint density at radius 2 is 1.76 bits per heavy atom. The molecule has 0 fully saturated rings. The van der Waals surface area contributed by atoms with Gasteiger partial charge in [-0.05, 0) is 37.1 Å². The molecule has 0 aliphatic rings. The second kappa shape index (κ2) is 7.89. The Morgan fingerprint density at radius 1 is 1.12 bits per heavy atom. The molecule has 1 N–H and O–H groups in total. The first-order valence-electron chi connectivity index (χ1n) is 7.75. The van der Waals surface area contributed by atoms with Crippen LogP contribution in [0.2, 0.25) is 10.0 Å². The second-order valence-corrected chi connectivity index (χ2v) is 6.94. The highest BCUT2D eigenvalue weighted by Gasteiger charge is 2.31. The van der Waals surface area contributed by atoms with E-state index in [-0.39, 0.29) is 12.5 Å². The standard InChI is InChI=1S/C19H19Cl2NO3/c1-12(13-8-9-15(20)16(21)10-13)22-17(23)11-19(2,18(24)25)14-6-4-3-5-7-14/h3-10,12H,11H2,1-2H3,(H,22,23)(H,24,25)/p-1/t12-,19-/m0/s1. The fourth-order valence-electron chi connectivity index (χ4n) is 2.58. The van der Waals surface area contributed by atoms with Gasteiger partial charge in [-0.3, -0.25) is 4.79 Å². The molecule has 0 saturated heterocycles. The zero-order chi connectivity index (χ0) is 18.6. The van der Waals surface area contributed by atoms with E-state index in [2.05, 4.69) is 5.32 Å². The van der Waals surface area contributed by atoms with Crippen molar-refractivity contribution in [3.63, 3.8) is 0 Å². The number of rotatable bonds is 6. The summed E-state index contributed by atoms with van der Waals surface area (Å²) < 4.78 is 0. The summed E-state index contributed by atoms with van der Waals surface area (Å²) in [6, 6.07) is 13.3. The highest BCUT2D eigenvalue weighted by atomic mass is 35.5. The van der Waals surface area contributed by atoms with E-state index in [1.807, 2.05) is 0 Å². The highest BCUT2D eigenvalue weighted by Crippen LogP contribution is 2.28. The molecule has 2 atom stereocenters. The lowest BCUT2D eigenvalue weighted by molar-refractivity contribution is -0.313. The SMILES string of the molecule is C[C@H](NC(=O)C[C@](C)(C(=O)[O-])c1ccccc1)c1ccc(Cl)c(Cl)c1. The minimum atomic E-state index is -1.41. The number of nitrogens with one attached hydrogen (secondary N) is 1. The predicted molar refractivity (Wildman–Crippen MR) is 96.4 cm³/mol. The Kier molecular flexibility index (Phi) is 6.09. The van der Waals surface area contributed by atoms with Crippen LogP contribution in [0.5, 0.6) is 0 Å². The van der Waals surface area contributed by atoms with Crippen molar-refractivity contribution < 1.29 is 14.7 Å². The van der Waals surface area contributed by atoms with E-state index in [0.717, 1.165) is 5.56 Å². The van der Waals surface area contributed by atoms with E-state index in [0.29, 0.717) is 15.6 Å². The van der Waals surface area contributed by atoms with Gasteiger partial charge in [-0.1, -0.05) is 59.6 Å². The van der Waals surface area contributed by atoms with Crippen LogP contribution in [0, 0.1) is 0 Å². The molecule has 0 unspecified atom stereocenters. The molecule has 0 aromatic heterocycles. The molecule has 0 saturated carbocycles. The van der Waals surface area contributed by atoms with E-state index in [1.165, 1.54) is 6.92 Å². The summed E-state index contributed by atoms with van der Waals surface area (Å²) in [4.78, 5) is 24.1. The number of carboxylic acid groups (broad SMARTS) is 1. The largest absolute Gasteiger partial charge is 0.549 e. The normalized spacial score (nSPS) is 14.4. The third-order valence-corrected chi connectivity index (χ3v) is 4.94. The molecule has 4 nitrogen and oxygen atoms in total. The van der Waals surface area contributed by atoms with E-state index >= 15 is 0 Å². The zero-order valence-corrected chi connectivity index (χ0v) is 15.4. The Balaban J connectivity index is 2.14. The Labute approximate surface area is 156 Å². The van der Waals surface area contributed by atoms with Crippen molar-refractivity contribution in [2.45, 2.75) is 31.7 Å². The first kappa shape index (κ1) is 19.3. The molecular formula is C19H18Cl2NO3-. The summed E-state index contributed by atoms with van der Waals surface area (Å²) in [6.45, 7) is 3.28. The summed E-state index contributed by atoms with van der Waals surface area (Å²) in [5.41, 5.74) is -0.118. The lowest BCUT2D eigenvalue weighted by Gasteiger charge is -2.31. The molecule has 1 amide bonds. The van der Waals surface area contributed by atoms with Gasteiger partial charge in [-0.25, -0.2) is 0 Å². The van der Waals surface area contributed by atoms with Crippen LogP contribution in [-0.2, 0) is 15.0 Å². The molecule has 2 aromatic rings. The van der Waals surface area contributed by atoms with Gasteiger partial charge in [-0.2, -0.15) is 0 Å². The molecule has 6 heteroatoms. The average molecular weight is 379 g/mol. The highest BCUT2D eigenvalue weighted by molar-refractivity contribution is 6.42. The fourth-order valence-corrected chi connectivity index (χ4v) is 2.88. The van der Waals surface area contributed by atoms with Gasteiger partial charge in [0, 0.05) is 11.8 Å². The lowest BCUT2D eigenvalue weighted by Crippen LogP contribution is -2.47. The summed E-state index contributed by atoms with van der Waals surface area (Å²) in [6.07, 6.45) is -0.231. The van der Waals surface area contributed by atoms with Crippen molar-refractivity contribution in [2.75, 3.05) is 0 Å². The fraction of sp³-hybridized carbons (Fsp3) is 0.263. The number of amides is 1. The van der Waals surface area contributed by atoms with Gasteiger partial charge < -0.3 is 15.2 Å². The Hall–Kier alpha value is -2.04. The number of hydrogen-bond donors (Lipinski definition) is 1. The molecule has 132 valence electrons.